The van der Waals surface area contributed by atoms with Gasteiger partial charge in [0.1, 0.15) is 24.2 Å². The van der Waals surface area contributed by atoms with Gasteiger partial charge in [0.2, 0.25) is 11.8 Å². The summed E-state index contributed by atoms with van der Waals surface area (Å²) in [6, 6.07) is 3.69. The van der Waals surface area contributed by atoms with Crippen LogP contribution in [-0.2, 0) is 23.9 Å². The molecule has 2 unspecified atom stereocenters. The van der Waals surface area contributed by atoms with Crippen molar-refractivity contribution in [2.24, 2.45) is 5.92 Å². The number of hydrogen-bond acceptors (Lipinski definition) is 6. The monoisotopic (exact) mass is 517 g/mol. The summed E-state index contributed by atoms with van der Waals surface area (Å²) in [6.07, 6.45) is 2.13. The third-order valence-electron chi connectivity index (χ3n) is 6.30. The minimum atomic E-state index is -0.974. The van der Waals surface area contributed by atoms with Gasteiger partial charge in [-0.2, -0.15) is 0 Å². The van der Waals surface area contributed by atoms with Gasteiger partial charge in [0, 0.05) is 6.04 Å². The molecule has 9 nitrogen and oxygen atoms in total. The fourth-order valence-corrected chi connectivity index (χ4v) is 4.38. The van der Waals surface area contributed by atoms with Crippen molar-refractivity contribution in [3.8, 4) is 0 Å². The summed E-state index contributed by atoms with van der Waals surface area (Å²) in [5, 5.41) is 5.40. The summed E-state index contributed by atoms with van der Waals surface area (Å²) in [7, 11) is 1.25. The molecule has 1 aromatic carbocycles. The number of nitrogens with one attached hydrogen (secondary N) is 2. The molecule has 37 heavy (non-hydrogen) atoms. The molecule has 0 saturated heterocycles. The van der Waals surface area contributed by atoms with E-state index >= 15 is 0 Å². The first kappa shape index (κ1) is 30.1. The molecule has 2 atom stereocenters. The number of amides is 3. The predicted octanol–water partition coefficient (Wildman–Crippen LogP) is 3.95. The quantitative estimate of drug-likeness (QED) is 0.454. The van der Waals surface area contributed by atoms with E-state index < -0.39 is 35.7 Å². The fraction of sp³-hybridized carbons (Fsp3) is 0.643. The highest BCUT2D eigenvalue weighted by Crippen LogP contribution is 2.35. The third-order valence-corrected chi connectivity index (χ3v) is 6.30. The largest absolute Gasteiger partial charge is 0.468 e. The topological polar surface area (TPSA) is 114 Å². The molecule has 3 amide bonds. The van der Waals surface area contributed by atoms with Gasteiger partial charge in [-0.05, 0) is 77.3 Å². The Balaban J connectivity index is 2.52. The van der Waals surface area contributed by atoms with Crippen molar-refractivity contribution in [3.63, 3.8) is 0 Å². The van der Waals surface area contributed by atoms with E-state index in [0.29, 0.717) is 12.0 Å². The molecule has 2 rings (SSSR count). The zero-order valence-electron chi connectivity index (χ0n) is 23.5. The van der Waals surface area contributed by atoms with Crippen molar-refractivity contribution in [3.05, 3.63) is 34.9 Å². The highest BCUT2D eigenvalue weighted by Gasteiger charge is 2.42. The van der Waals surface area contributed by atoms with E-state index in [-0.39, 0.29) is 24.4 Å². The van der Waals surface area contributed by atoms with E-state index in [4.69, 9.17) is 4.74 Å². The molecule has 0 spiro atoms. The first-order chi connectivity index (χ1) is 17.2. The van der Waals surface area contributed by atoms with Gasteiger partial charge >= 0.3 is 12.1 Å². The fourth-order valence-electron chi connectivity index (χ4n) is 4.38. The molecule has 0 heterocycles. The Bertz CT molecular complexity index is 981. The number of esters is 1. The SMILES string of the molecule is COC(=O)CNC(=O)C(c1ccc(C)cc1C)N(C(=O)C(CC(C)C)NC(=O)OC(C)(C)C)C1CCC1. The van der Waals surface area contributed by atoms with Gasteiger partial charge < -0.3 is 25.0 Å². The summed E-state index contributed by atoms with van der Waals surface area (Å²) < 4.78 is 10.1. The van der Waals surface area contributed by atoms with Crippen LogP contribution in [0.3, 0.4) is 0 Å². The van der Waals surface area contributed by atoms with Gasteiger partial charge in [0.15, 0.2) is 0 Å². The van der Waals surface area contributed by atoms with Crippen molar-refractivity contribution in [2.45, 2.75) is 97.9 Å². The maximum atomic E-state index is 14.2. The predicted molar refractivity (Wildman–Crippen MR) is 141 cm³/mol. The lowest BCUT2D eigenvalue weighted by Gasteiger charge is -2.44. The Labute approximate surface area is 220 Å². The standard InChI is InChI=1S/C28H43N3O6/c1-17(2)14-22(30-27(35)37-28(5,6)7)26(34)31(20-10-9-11-20)24(25(33)29-16-23(32)36-8)21-13-12-18(3)15-19(21)4/h12-13,15,17,20,22,24H,9-11,14,16H2,1-8H3,(H,29,33)(H,30,35). The van der Waals surface area contributed by atoms with Crippen molar-refractivity contribution < 1.29 is 28.7 Å². The van der Waals surface area contributed by atoms with Crippen LogP contribution in [0.1, 0.15) is 83.0 Å². The van der Waals surface area contributed by atoms with E-state index in [0.717, 1.165) is 30.4 Å². The molecular weight excluding hydrogens is 474 g/mol. The molecule has 2 N–H and O–H groups in total. The molecule has 0 aromatic heterocycles. The Kier molecular flexibility index (Phi) is 10.5. The molecule has 9 heteroatoms. The van der Waals surface area contributed by atoms with E-state index in [1.165, 1.54) is 7.11 Å². The van der Waals surface area contributed by atoms with Gasteiger partial charge in [-0.1, -0.05) is 37.6 Å². The Morgan fingerprint density at radius 1 is 1.11 bits per heavy atom. The summed E-state index contributed by atoms with van der Waals surface area (Å²) in [6.45, 7) is 12.8. The Morgan fingerprint density at radius 2 is 1.76 bits per heavy atom. The van der Waals surface area contributed by atoms with Crippen LogP contribution in [0.15, 0.2) is 18.2 Å². The second-order valence-corrected chi connectivity index (χ2v) is 11.2. The zero-order chi connectivity index (χ0) is 27.9. The van der Waals surface area contributed by atoms with Gasteiger partial charge in [-0.3, -0.25) is 14.4 Å². The maximum Gasteiger partial charge on any atom is 0.408 e. The van der Waals surface area contributed by atoms with Crippen LogP contribution in [0.25, 0.3) is 0 Å². The summed E-state index contributed by atoms with van der Waals surface area (Å²) >= 11 is 0. The van der Waals surface area contributed by atoms with Crippen LogP contribution < -0.4 is 10.6 Å². The average molecular weight is 518 g/mol. The molecular formula is C28H43N3O6. The van der Waals surface area contributed by atoms with Crippen molar-refractivity contribution in [2.75, 3.05) is 13.7 Å². The normalized spacial score (nSPS) is 15.3. The van der Waals surface area contributed by atoms with Crippen molar-refractivity contribution in [1.82, 2.24) is 15.5 Å². The van der Waals surface area contributed by atoms with E-state index in [2.05, 4.69) is 15.4 Å². The number of hydrogen-bond donors (Lipinski definition) is 2. The lowest BCUT2D eigenvalue weighted by molar-refractivity contribution is -0.148. The molecule has 0 radical (unpaired) electrons. The molecule has 0 bridgehead atoms. The summed E-state index contributed by atoms with van der Waals surface area (Å²) in [5.74, 6) is -1.31. The number of aryl methyl sites for hydroxylation is 2. The van der Waals surface area contributed by atoms with E-state index in [1.807, 2.05) is 45.9 Å². The minimum Gasteiger partial charge on any atom is -0.468 e. The summed E-state index contributed by atoms with van der Waals surface area (Å²) in [4.78, 5) is 53.9. The zero-order valence-corrected chi connectivity index (χ0v) is 23.5. The van der Waals surface area contributed by atoms with E-state index in [9.17, 15) is 19.2 Å². The van der Waals surface area contributed by atoms with Crippen molar-refractivity contribution in [1.29, 1.82) is 0 Å². The number of benzene rings is 1. The third kappa shape index (κ3) is 8.76. The lowest BCUT2D eigenvalue weighted by atomic mass is 9.86. The smallest absolute Gasteiger partial charge is 0.408 e. The number of methoxy groups -OCH3 is 1. The number of rotatable bonds is 10. The second kappa shape index (κ2) is 12.9. The van der Waals surface area contributed by atoms with Crippen molar-refractivity contribution >= 4 is 23.9 Å². The number of ether oxygens (including phenoxy) is 2. The van der Waals surface area contributed by atoms with Gasteiger partial charge in [-0.15, -0.1) is 0 Å². The van der Waals surface area contributed by atoms with Crippen LogP contribution in [0.2, 0.25) is 0 Å². The highest BCUT2D eigenvalue weighted by atomic mass is 16.6. The first-order valence-corrected chi connectivity index (χ1v) is 13.0. The van der Waals surface area contributed by atoms with Gasteiger partial charge in [0.05, 0.1) is 7.11 Å². The van der Waals surface area contributed by atoms with Gasteiger partial charge in [0.25, 0.3) is 0 Å². The first-order valence-electron chi connectivity index (χ1n) is 13.0. The second-order valence-electron chi connectivity index (χ2n) is 11.2. The Hall–Kier alpha value is -3.10. The number of carbonyl (C=O) groups excluding carboxylic acids is 4. The molecule has 1 saturated carbocycles. The molecule has 0 aliphatic heterocycles. The summed E-state index contributed by atoms with van der Waals surface area (Å²) in [5.41, 5.74) is 1.84. The average Bonchev–Trinajstić information content (AvgIpc) is 2.74. The number of carbonyl (C=O) groups is 4. The van der Waals surface area contributed by atoms with Crippen LogP contribution in [0, 0.1) is 19.8 Å². The van der Waals surface area contributed by atoms with Crippen LogP contribution >= 0.6 is 0 Å². The molecule has 206 valence electrons. The molecule has 1 aliphatic carbocycles. The maximum absolute atomic E-state index is 14.2. The van der Waals surface area contributed by atoms with Crippen LogP contribution in [0.4, 0.5) is 4.79 Å². The van der Waals surface area contributed by atoms with Gasteiger partial charge in [-0.25, -0.2) is 4.79 Å². The Morgan fingerprint density at radius 3 is 2.24 bits per heavy atom. The van der Waals surface area contributed by atoms with Crippen LogP contribution in [-0.4, -0.2) is 60.1 Å². The minimum absolute atomic E-state index is 0.0971. The highest BCUT2D eigenvalue weighted by molar-refractivity contribution is 5.93. The van der Waals surface area contributed by atoms with Crippen LogP contribution in [0.5, 0.6) is 0 Å². The number of nitrogens with zero attached hydrogens (tertiary/aromatic N) is 1. The molecule has 1 aliphatic rings. The lowest BCUT2D eigenvalue weighted by Crippen LogP contribution is -2.58. The van der Waals surface area contributed by atoms with E-state index in [1.54, 1.807) is 25.7 Å². The number of alkyl carbamates (subject to hydrolysis) is 1. The molecule has 1 aromatic rings. The molecule has 1 fully saturated rings.